The number of benzene rings is 2. The van der Waals surface area contributed by atoms with Gasteiger partial charge in [-0.25, -0.2) is 9.59 Å². The van der Waals surface area contributed by atoms with Gasteiger partial charge in [0.2, 0.25) is 0 Å². The third-order valence-corrected chi connectivity index (χ3v) is 4.72. The first-order chi connectivity index (χ1) is 11.1. The Morgan fingerprint density at radius 1 is 1.04 bits per heavy atom. The summed E-state index contributed by atoms with van der Waals surface area (Å²) < 4.78 is 4.77. The van der Waals surface area contributed by atoms with E-state index in [2.05, 4.69) is 0 Å². The largest absolute Gasteiger partial charge is 0.497 e. The van der Waals surface area contributed by atoms with Crippen molar-refractivity contribution in [2.45, 2.75) is 6.92 Å². The van der Waals surface area contributed by atoms with Crippen molar-refractivity contribution in [3.63, 3.8) is 0 Å². The van der Waals surface area contributed by atoms with Gasteiger partial charge in [0.1, 0.15) is 5.75 Å². The predicted molar refractivity (Wildman–Crippen MR) is 92.9 cm³/mol. The summed E-state index contributed by atoms with van der Waals surface area (Å²) >= 11 is 1.06. The summed E-state index contributed by atoms with van der Waals surface area (Å²) in [4.78, 5) is 25.2. The van der Waals surface area contributed by atoms with Gasteiger partial charge in [0.05, 0.1) is 14.0 Å². The lowest BCUT2D eigenvalue weighted by molar-refractivity contribution is -0.122. The number of ether oxygens (including phenoxy) is 1. The molecule has 4 nitrogen and oxygen atoms in total. The van der Waals surface area contributed by atoms with Gasteiger partial charge in [-0.2, -0.15) is 0 Å². The highest BCUT2D eigenvalue weighted by molar-refractivity contribution is 8.16. The molecule has 0 radical (unpaired) electrons. The first kappa shape index (κ1) is 15.5. The Balaban J connectivity index is 2.18. The Hall–Kier alpha value is -2.37. The molecule has 1 unspecified atom stereocenters. The van der Waals surface area contributed by atoms with E-state index < -0.39 is 4.48 Å². The molecule has 0 aromatic heterocycles. The first-order valence-electron chi connectivity index (χ1n) is 7.13. The number of nitrogens with zero attached hydrogens (tertiary/aromatic N) is 1. The van der Waals surface area contributed by atoms with Crippen molar-refractivity contribution in [3.8, 4) is 5.75 Å². The molecule has 2 aromatic carbocycles. The maximum Gasteiger partial charge on any atom is 0.397 e. The molecule has 0 fully saturated rings. The van der Waals surface area contributed by atoms with Crippen LogP contribution < -0.4 is 9.22 Å². The summed E-state index contributed by atoms with van der Waals surface area (Å²) in [7, 11) is 1.60. The van der Waals surface area contributed by atoms with Crippen molar-refractivity contribution in [3.05, 3.63) is 65.6 Å². The van der Waals surface area contributed by atoms with Crippen LogP contribution in [0.1, 0.15) is 12.5 Å². The topological polar surface area (TPSA) is 43.4 Å². The molecule has 116 valence electrons. The predicted octanol–water partition coefficient (Wildman–Crippen LogP) is 4.41. The van der Waals surface area contributed by atoms with E-state index >= 15 is 0 Å². The summed E-state index contributed by atoms with van der Waals surface area (Å²) in [6, 6.07) is 16.5. The molecular formula is C18H16NO3S+. The molecule has 0 saturated carbocycles. The van der Waals surface area contributed by atoms with Crippen LogP contribution in [0.15, 0.2) is 60.0 Å². The molecule has 0 bridgehead atoms. The van der Waals surface area contributed by atoms with E-state index in [9.17, 15) is 9.59 Å². The Kier molecular flexibility index (Phi) is 4.07. The molecule has 1 aliphatic heterocycles. The molecule has 1 aliphatic rings. The molecule has 23 heavy (non-hydrogen) atoms. The summed E-state index contributed by atoms with van der Waals surface area (Å²) in [5, 5.41) is 1.55. The van der Waals surface area contributed by atoms with E-state index in [1.807, 2.05) is 54.6 Å². The number of para-hydroxylation sites is 1. The average Bonchev–Trinajstić information content (AvgIpc) is 2.94. The fraction of sp³-hybridized carbons (Fsp3) is 0.111. The zero-order valence-corrected chi connectivity index (χ0v) is 13.7. The SMILES string of the molecule is COc1ccc(C2=CSC(=O)[N+]2(C(C)=O)c2ccccc2)cc1. The van der Waals surface area contributed by atoms with Gasteiger partial charge in [-0.05, 0) is 24.3 Å². The summed E-state index contributed by atoms with van der Waals surface area (Å²) in [6.45, 7) is 1.45. The Morgan fingerprint density at radius 2 is 1.70 bits per heavy atom. The lowest BCUT2D eigenvalue weighted by Crippen LogP contribution is -2.51. The number of hydrogen-bond donors (Lipinski definition) is 0. The molecule has 0 saturated heterocycles. The normalized spacial score (nSPS) is 20.3. The summed E-state index contributed by atoms with van der Waals surface area (Å²) in [5.41, 5.74) is 2.14. The molecule has 2 aromatic rings. The van der Waals surface area contributed by atoms with Crippen molar-refractivity contribution >= 4 is 34.3 Å². The number of imide groups is 1. The van der Waals surface area contributed by atoms with Gasteiger partial charge in [0, 0.05) is 34.9 Å². The molecule has 2 amide bonds. The lowest BCUT2D eigenvalue weighted by Gasteiger charge is -2.28. The van der Waals surface area contributed by atoms with E-state index in [0.29, 0.717) is 11.4 Å². The van der Waals surface area contributed by atoms with Gasteiger partial charge < -0.3 is 4.74 Å². The van der Waals surface area contributed by atoms with E-state index in [1.165, 1.54) is 6.92 Å². The van der Waals surface area contributed by atoms with E-state index in [0.717, 1.165) is 23.1 Å². The minimum absolute atomic E-state index is 0.213. The molecular weight excluding hydrogens is 310 g/mol. The van der Waals surface area contributed by atoms with Crippen LogP contribution in [0.4, 0.5) is 10.5 Å². The van der Waals surface area contributed by atoms with Crippen molar-refractivity contribution in [2.24, 2.45) is 0 Å². The third kappa shape index (κ3) is 2.38. The number of methoxy groups -OCH3 is 1. The van der Waals surface area contributed by atoms with Gasteiger partial charge in [-0.15, -0.1) is 4.48 Å². The highest BCUT2D eigenvalue weighted by Gasteiger charge is 2.53. The monoisotopic (exact) mass is 326 g/mol. The van der Waals surface area contributed by atoms with Crippen molar-refractivity contribution in [2.75, 3.05) is 7.11 Å². The fourth-order valence-electron chi connectivity index (χ4n) is 2.76. The highest BCUT2D eigenvalue weighted by Crippen LogP contribution is 2.45. The Bertz CT molecular complexity index is 784. The van der Waals surface area contributed by atoms with Gasteiger partial charge in [0.25, 0.3) is 0 Å². The van der Waals surface area contributed by atoms with E-state index in [-0.39, 0.29) is 11.1 Å². The van der Waals surface area contributed by atoms with Crippen LogP contribution in [0.25, 0.3) is 5.70 Å². The Labute approximate surface area is 139 Å². The smallest absolute Gasteiger partial charge is 0.397 e. The van der Waals surface area contributed by atoms with Crippen LogP contribution >= 0.6 is 11.8 Å². The minimum Gasteiger partial charge on any atom is -0.497 e. The molecule has 1 atom stereocenters. The van der Waals surface area contributed by atoms with Crippen molar-refractivity contribution < 1.29 is 14.3 Å². The van der Waals surface area contributed by atoms with Crippen LogP contribution in [0.5, 0.6) is 5.75 Å². The van der Waals surface area contributed by atoms with E-state index in [4.69, 9.17) is 4.74 Å². The maximum atomic E-state index is 12.7. The summed E-state index contributed by atoms with van der Waals surface area (Å²) in [5.74, 6) is 0.500. The molecule has 3 rings (SSSR count). The number of thioether (sulfide) groups is 1. The van der Waals surface area contributed by atoms with Gasteiger partial charge in [-0.1, -0.05) is 18.2 Å². The number of rotatable bonds is 3. The third-order valence-electron chi connectivity index (χ3n) is 3.91. The van der Waals surface area contributed by atoms with Crippen LogP contribution in [-0.2, 0) is 4.79 Å². The second kappa shape index (κ2) is 6.02. The van der Waals surface area contributed by atoms with E-state index in [1.54, 1.807) is 12.5 Å². The van der Waals surface area contributed by atoms with Crippen molar-refractivity contribution in [1.29, 1.82) is 0 Å². The second-order valence-electron chi connectivity index (χ2n) is 5.14. The number of hydrogen-bond acceptors (Lipinski definition) is 4. The molecule has 0 N–H and O–H groups in total. The van der Waals surface area contributed by atoms with Crippen LogP contribution in [0, 0.1) is 0 Å². The standard InChI is InChI=1S/C18H16NO3S/c1-13(20)19(15-6-4-3-5-7-15)17(12-23-18(19)21)14-8-10-16(22-2)11-9-14/h3-12H,1-2H3/q+1. The molecule has 1 heterocycles. The average molecular weight is 326 g/mol. The minimum atomic E-state index is -0.405. The highest BCUT2D eigenvalue weighted by atomic mass is 32.2. The number of quaternary nitrogens is 1. The van der Waals surface area contributed by atoms with Gasteiger partial charge in [-0.3, -0.25) is 0 Å². The Morgan fingerprint density at radius 3 is 2.26 bits per heavy atom. The van der Waals surface area contributed by atoms with Gasteiger partial charge in [0.15, 0.2) is 11.4 Å². The number of amides is 2. The first-order valence-corrected chi connectivity index (χ1v) is 8.01. The maximum absolute atomic E-state index is 12.7. The van der Waals surface area contributed by atoms with Crippen molar-refractivity contribution in [1.82, 2.24) is 4.48 Å². The van der Waals surface area contributed by atoms with Crippen LogP contribution in [-0.4, -0.2) is 18.3 Å². The summed E-state index contributed by atoms with van der Waals surface area (Å²) in [6.07, 6.45) is 0. The zero-order chi connectivity index (χ0) is 16.4. The molecule has 0 aliphatic carbocycles. The van der Waals surface area contributed by atoms with Crippen LogP contribution in [0.3, 0.4) is 0 Å². The lowest BCUT2D eigenvalue weighted by atomic mass is 10.1. The molecule has 5 heteroatoms. The second-order valence-corrected chi connectivity index (χ2v) is 5.96. The van der Waals surface area contributed by atoms with Crippen LogP contribution in [0.2, 0.25) is 0 Å². The quantitative estimate of drug-likeness (QED) is 0.783. The molecule has 0 spiro atoms. The number of carbonyl (C=O) groups is 2. The fourth-order valence-corrected chi connectivity index (χ4v) is 3.76. The zero-order valence-electron chi connectivity index (χ0n) is 12.9. The van der Waals surface area contributed by atoms with Gasteiger partial charge >= 0.3 is 11.1 Å². The number of carbonyl (C=O) groups excluding carboxylic acids is 2.